The van der Waals surface area contributed by atoms with Gasteiger partial charge in [0.05, 0.1) is 0 Å². The average molecular weight is 434 g/mol. The van der Waals surface area contributed by atoms with E-state index in [1.165, 1.54) is 0 Å². The smallest absolute Gasteiger partial charge is 0.363 e. The molecule has 0 atom stereocenters. The first-order valence-corrected chi connectivity index (χ1v) is 10.2. The zero-order valence-corrected chi connectivity index (χ0v) is 17.6. The van der Waals surface area contributed by atoms with E-state index in [9.17, 15) is 4.79 Å². The second-order valence-electron chi connectivity index (χ2n) is 6.85. The molecule has 1 aliphatic rings. The molecule has 0 saturated heterocycles. The molecule has 0 aromatic heterocycles. The highest BCUT2D eigenvalue weighted by Gasteiger charge is 2.24. The summed E-state index contributed by atoms with van der Waals surface area (Å²) in [4.78, 5) is 16.6. The number of nitrogens with zero attached hydrogens (tertiary/aromatic N) is 1. The first-order valence-electron chi connectivity index (χ1n) is 9.79. The Labute approximate surface area is 185 Å². The van der Waals surface area contributed by atoms with E-state index < -0.39 is 5.97 Å². The lowest BCUT2D eigenvalue weighted by atomic mass is 10.1. The summed E-state index contributed by atoms with van der Waals surface area (Å²) in [5.41, 5.74) is 2.61. The van der Waals surface area contributed by atoms with Crippen LogP contribution in [0, 0.1) is 6.92 Å². The summed E-state index contributed by atoms with van der Waals surface area (Å²) in [5.74, 6) is 1.14. The molecule has 0 spiro atoms. The minimum absolute atomic E-state index is 0.183. The zero-order chi connectivity index (χ0) is 21.6. The largest absolute Gasteiger partial charge is 0.490 e. The molecular formula is C25H20ClNO4. The van der Waals surface area contributed by atoms with Crippen molar-refractivity contribution in [1.29, 1.82) is 0 Å². The maximum Gasteiger partial charge on any atom is 0.363 e. The number of cyclic esters (lactones) is 1. The molecule has 0 bridgehead atoms. The maximum atomic E-state index is 12.3. The summed E-state index contributed by atoms with van der Waals surface area (Å²) >= 11 is 6.16. The van der Waals surface area contributed by atoms with Gasteiger partial charge in [-0.25, -0.2) is 9.79 Å². The van der Waals surface area contributed by atoms with Crippen LogP contribution in [-0.2, 0) is 9.53 Å². The molecule has 0 unspecified atom stereocenters. The molecule has 3 aromatic rings. The van der Waals surface area contributed by atoms with Crippen LogP contribution < -0.4 is 9.47 Å². The van der Waals surface area contributed by atoms with Crippen molar-refractivity contribution >= 4 is 29.5 Å². The molecule has 0 amide bonds. The van der Waals surface area contributed by atoms with Crippen molar-refractivity contribution in [2.75, 3.05) is 13.2 Å². The van der Waals surface area contributed by atoms with E-state index in [0.29, 0.717) is 29.5 Å². The summed E-state index contributed by atoms with van der Waals surface area (Å²) in [6.45, 7) is 2.70. The third-order valence-electron chi connectivity index (χ3n) is 4.60. The van der Waals surface area contributed by atoms with E-state index in [0.717, 1.165) is 16.9 Å². The van der Waals surface area contributed by atoms with Crippen molar-refractivity contribution in [3.05, 3.63) is 100 Å². The fraction of sp³-hybridized carbons (Fsp3) is 0.120. The number of aliphatic imine (C=N–C) groups is 1. The molecule has 0 radical (unpaired) electrons. The van der Waals surface area contributed by atoms with Crippen molar-refractivity contribution in [2.45, 2.75) is 6.92 Å². The Kier molecular flexibility index (Phi) is 6.34. The summed E-state index contributed by atoms with van der Waals surface area (Å²) in [6.07, 6.45) is 1.61. The van der Waals surface area contributed by atoms with Gasteiger partial charge in [-0.1, -0.05) is 48.0 Å². The van der Waals surface area contributed by atoms with Crippen molar-refractivity contribution in [1.82, 2.24) is 0 Å². The molecule has 3 aromatic carbocycles. The predicted octanol–water partition coefficient (Wildman–Crippen LogP) is 5.45. The summed E-state index contributed by atoms with van der Waals surface area (Å²) < 4.78 is 17.0. The van der Waals surface area contributed by atoms with Gasteiger partial charge in [0.1, 0.15) is 24.7 Å². The Morgan fingerprint density at radius 3 is 2.42 bits per heavy atom. The number of carbonyl (C=O) groups is 1. The summed E-state index contributed by atoms with van der Waals surface area (Å²) in [7, 11) is 0. The maximum absolute atomic E-state index is 12.3. The van der Waals surface area contributed by atoms with Gasteiger partial charge in [0, 0.05) is 16.1 Å². The van der Waals surface area contributed by atoms with Crippen LogP contribution in [0.15, 0.2) is 83.5 Å². The molecule has 4 rings (SSSR count). The van der Waals surface area contributed by atoms with Crippen molar-refractivity contribution < 1.29 is 19.0 Å². The van der Waals surface area contributed by atoms with Crippen LogP contribution in [0.3, 0.4) is 0 Å². The number of esters is 1. The van der Waals surface area contributed by atoms with Crippen LogP contribution in [0.5, 0.6) is 11.5 Å². The van der Waals surface area contributed by atoms with Crippen LogP contribution in [-0.4, -0.2) is 25.1 Å². The van der Waals surface area contributed by atoms with Gasteiger partial charge in [0.25, 0.3) is 0 Å². The Balaban J connectivity index is 1.48. The Hall–Kier alpha value is -3.57. The van der Waals surface area contributed by atoms with Gasteiger partial charge < -0.3 is 14.2 Å². The number of aryl methyl sites for hydroxylation is 1. The fourth-order valence-corrected chi connectivity index (χ4v) is 3.23. The average Bonchev–Trinajstić information content (AvgIpc) is 3.14. The quantitative estimate of drug-likeness (QED) is 0.282. The number of carbonyl (C=O) groups excluding carboxylic acids is 1. The molecule has 0 fully saturated rings. The second-order valence-corrected chi connectivity index (χ2v) is 7.28. The van der Waals surface area contributed by atoms with Gasteiger partial charge in [0.2, 0.25) is 5.90 Å². The molecule has 1 heterocycles. The molecule has 0 aliphatic carbocycles. The molecule has 156 valence electrons. The molecule has 0 saturated carbocycles. The number of halogens is 1. The standard InChI is InChI=1S/C25H20ClNO4/c1-17-7-5-6-10-22(17)29-13-14-30-23-12-11-20(26)15-19(23)16-21-25(28)31-24(27-21)18-8-3-2-4-9-18/h2-12,15-16H,13-14H2,1H3/b21-16-. The number of ether oxygens (including phenoxy) is 3. The van der Waals surface area contributed by atoms with E-state index >= 15 is 0 Å². The number of hydrogen-bond acceptors (Lipinski definition) is 5. The number of benzene rings is 3. The van der Waals surface area contributed by atoms with Crippen LogP contribution in [0.2, 0.25) is 5.02 Å². The van der Waals surface area contributed by atoms with Gasteiger partial charge in [-0.2, -0.15) is 0 Å². The highest BCUT2D eigenvalue weighted by atomic mass is 35.5. The lowest BCUT2D eigenvalue weighted by molar-refractivity contribution is -0.129. The van der Waals surface area contributed by atoms with Crippen molar-refractivity contribution in [2.24, 2.45) is 4.99 Å². The van der Waals surface area contributed by atoms with Crippen LogP contribution >= 0.6 is 11.6 Å². The summed E-state index contributed by atoms with van der Waals surface area (Å²) in [6, 6.07) is 22.3. The van der Waals surface area contributed by atoms with Gasteiger partial charge in [-0.15, -0.1) is 0 Å². The Bertz CT molecular complexity index is 1160. The molecule has 1 aliphatic heterocycles. The summed E-state index contributed by atoms with van der Waals surface area (Å²) in [5, 5.41) is 0.522. The number of hydrogen-bond donors (Lipinski definition) is 0. The minimum atomic E-state index is -0.521. The Morgan fingerprint density at radius 2 is 1.65 bits per heavy atom. The van der Waals surface area contributed by atoms with Gasteiger partial charge in [0.15, 0.2) is 5.70 Å². The van der Waals surface area contributed by atoms with Gasteiger partial charge in [-0.05, 0) is 55.0 Å². The van der Waals surface area contributed by atoms with Crippen LogP contribution in [0.4, 0.5) is 0 Å². The molecule has 5 nitrogen and oxygen atoms in total. The van der Waals surface area contributed by atoms with Crippen LogP contribution in [0.1, 0.15) is 16.7 Å². The normalized spacial score (nSPS) is 14.3. The molecular weight excluding hydrogens is 414 g/mol. The monoisotopic (exact) mass is 433 g/mol. The van der Waals surface area contributed by atoms with E-state index in [2.05, 4.69) is 4.99 Å². The molecule has 0 N–H and O–H groups in total. The fourth-order valence-electron chi connectivity index (χ4n) is 3.05. The van der Waals surface area contributed by atoms with Crippen molar-refractivity contribution in [3.8, 4) is 11.5 Å². The number of rotatable bonds is 7. The van der Waals surface area contributed by atoms with Gasteiger partial charge >= 0.3 is 5.97 Å². The molecule has 6 heteroatoms. The zero-order valence-electron chi connectivity index (χ0n) is 16.9. The first-order chi connectivity index (χ1) is 15.1. The highest BCUT2D eigenvalue weighted by Crippen LogP contribution is 2.28. The SMILES string of the molecule is Cc1ccccc1OCCOc1ccc(Cl)cc1/C=C1\N=C(c2ccccc2)OC1=O. The van der Waals surface area contributed by atoms with E-state index in [4.69, 9.17) is 25.8 Å². The third kappa shape index (κ3) is 5.13. The number of para-hydroxylation sites is 1. The van der Waals surface area contributed by atoms with Crippen LogP contribution in [0.25, 0.3) is 6.08 Å². The second kappa shape index (κ2) is 9.49. The van der Waals surface area contributed by atoms with Crippen molar-refractivity contribution in [3.63, 3.8) is 0 Å². The highest BCUT2D eigenvalue weighted by molar-refractivity contribution is 6.30. The molecule has 31 heavy (non-hydrogen) atoms. The first kappa shape index (κ1) is 20.7. The lowest BCUT2D eigenvalue weighted by Crippen LogP contribution is -2.10. The van der Waals surface area contributed by atoms with Gasteiger partial charge in [-0.3, -0.25) is 0 Å². The Morgan fingerprint density at radius 1 is 0.935 bits per heavy atom. The minimum Gasteiger partial charge on any atom is -0.490 e. The van der Waals surface area contributed by atoms with E-state index in [1.54, 1.807) is 24.3 Å². The topological polar surface area (TPSA) is 57.1 Å². The van der Waals surface area contributed by atoms with E-state index in [-0.39, 0.29) is 11.6 Å². The lowest BCUT2D eigenvalue weighted by Gasteiger charge is -2.12. The van der Waals surface area contributed by atoms with E-state index in [1.807, 2.05) is 61.5 Å². The predicted molar refractivity (Wildman–Crippen MR) is 121 cm³/mol. The third-order valence-corrected chi connectivity index (χ3v) is 4.83.